The topological polar surface area (TPSA) is 58.2 Å². The molecule has 5 heteroatoms. The average molecular weight is 342 g/mol. The second kappa shape index (κ2) is 7.18. The highest BCUT2D eigenvalue weighted by Crippen LogP contribution is 2.32. The maximum Gasteiger partial charge on any atom is 0.279 e. The summed E-state index contributed by atoms with van der Waals surface area (Å²) >= 11 is 1.54. The van der Waals surface area contributed by atoms with Crippen molar-refractivity contribution in [3.63, 3.8) is 0 Å². The van der Waals surface area contributed by atoms with Crippen LogP contribution in [0.4, 0.5) is 0 Å². The van der Waals surface area contributed by atoms with E-state index in [1.54, 1.807) is 11.3 Å². The van der Waals surface area contributed by atoms with Crippen LogP contribution >= 0.6 is 11.3 Å². The van der Waals surface area contributed by atoms with Crippen LogP contribution < -0.4 is 10.9 Å². The van der Waals surface area contributed by atoms with Crippen molar-refractivity contribution < 1.29 is 9.59 Å². The average Bonchev–Trinajstić information content (AvgIpc) is 2.98. The van der Waals surface area contributed by atoms with Crippen LogP contribution in [0, 0.1) is 12.8 Å². The van der Waals surface area contributed by atoms with E-state index in [0.29, 0.717) is 10.8 Å². The first-order valence-electron chi connectivity index (χ1n) is 8.28. The van der Waals surface area contributed by atoms with E-state index in [1.807, 2.05) is 37.3 Å². The number of hydrogen-bond acceptors (Lipinski definition) is 3. The summed E-state index contributed by atoms with van der Waals surface area (Å²) in [5.74, 6) is 0.226. The molecule has 24 heavy (non-hydrogen) atoms. The monoisotopic (exact) mass is 342 g/mol. The Morgan fingerprint density at radius 2 is 2.04 bits per heavy atom. The molecule has 0 fully saturated rings. The molecule has 2 amide bonds. The minimum atomic E-state index is -0.236. The fraction of sp³-hybridized carbons (Fsp3) is 0.368. The maximum absolute atomic E-state index is 12.3. The summed E-state index contributed by atoms with van der Waals surface area (Å²) in [5.41, 5.74) is 8.36. The van der Waals surface area contributed by atoms with Gasteiger partial charge in [-0.05, 0) is 54.9 Å². The van der Waals surface area contributed by atoms with Gasteiger partial charge in [-0.25, -0.2) is 0 Å². The van der Waals surface area contributed by atoms with Gasteiger partial charge in [-0.15, -0.1) is 11.3 Å². The fourth-order valence-corrected chi connectivity index (χ4v) is 4.14. The zero-order valence-corrected chi connectivity index (χ0v) is 14.8. The van der Waals surface area contributed by atoms with E-state index in [1.165, 1.54) is 16.9 Å². The molecule has 126 valence electrons. The first-order valence-corrected chi connectivity index (χ1v) is 9.10. The van der Waals surface area contributed by atoms with Crippen molar-refractivity contribution in [2.75, 3.05) is 0 Å². The largest absolute Gasteiger partial charge is 0.279 e. The van der Waals surface area contributed by atoms with Crippen LogP contribution in [0.25, 0.3) is 0 Å². The van der Waals surface area contributed by atoms with E-state index in [-0.39, 0.29) is 18.2 Å². The molecule has 2 aromatic rings. The SMILES string of the molecule is Cc1ccccc1CC(=O)NNC(=O)c1cc2c(s1)CC[C@@H](C)C2. The number of benzene rings is 1. The number of amides is 2. The molecular formula is C19H22N2O2S. The highest BCUT2D eigenvalue weighted by Gasteiger charge is 2.20. The summed E-state index contributed by atoms with van der Waals surface area (Å²) in [6, 6.07) is 9.71. The standard InChI is InChI=1S/C19H22N2O2S/c1-12-7-8-16-15(9-12)10-17(24-16)19(23)21-20-18(22)11-14-6-4-3-5-13(14)2/h3-6,10,12H,7-9,11H2,1-2H3,(H,20,22)(H,21,23)/t12-/m1/s1. The molecule has 2 N–H and O–H groups in total. The second-order valence-electron chi connectivity index (χ2n) is 6.51. The molecule has 1 aliphatic carbocycles. The number of thiophene rings is 1. The number of fused-ring (bicyclic) bond motifs is 1. The number of carbonyl (C=O) groups is 2. The van der Waals surface area contributed by atoms with E-state index in [0.717, 1.165) is 24.0 Å². The first kappa shape index (κ1) is 16.7. The Kier molecular flexibility index (Phi) is 5.00. The fourth-order valence-electron chi connectivity index (χ4n) is 3.03. The molecule has 0 saturated heterocycles. The van der Waals surface area contributed by atoms with Gasteiger partial charge < -0.3 is 0 Å². The molecule has 1 atom stereocenters. The molecule has 1 aromatic carbocycles. The van der Waals surface area contributed by atoms with Crippen LogP contribution in [-0.4, -0.2) is 11.8 Å². The zero-order valence-electron chi connectivity index (χ0n) is 14.0. The van der Waals surface area contributed by atoms with Gasteiger partial charge in [-0.2, -0.15) is 0 Å². The molecule has 0 saturated carbocycles. The summed E-state index contributed by atoms with van der Waals surface area (Å²) in [4.78, 5) is 26.2. The number of nitrogens with one attached hydrogen (secondary N) is 2. The Labute approximate surface area is 146 Å². The Morgan fingerprint density at radius 3 is 2.83 bits per heavy atom. The van der Waals surface area contributed by atoms with Gasteiger partial charge in [0.1, 0.15) is 0 Å². The molecular weight excluding hydrogens is 320 g/mol. The van der Waals surface area contributed by atoms with Gasteiger partial charge in [0.2, 0.25) is 5.91 Å². The van der Waals surface area contributed by atoms with E-state index in [2.05, 4.69) is 17.8 Å². The van der Waals surface area contributed by atoms with Crippen LogP contribution in [0.5, 0.6) is 0 Å². The molecule has 0 bridgehead atoms. The van der Waals surface area contributed by atoms with Crippen molar-refractivity contribution in [2.24, 2.45) is 5.92 Å². The highest BCUT2D eigenvalue weighted by atomic mass is 32.1. The van der Waals surface area contributed by atoms with Crippen LogP contribution in [0.1, 0.15) is 44.6 Å². The van der Waals surface area contributed by atoms with Gasteiger partial charge >= 0.3 is 0 Å². The first-order chi connectivity index (χ1) is 11.5. The predicted octanol–water partition coefficient (Wildman–Crippen LogP) is 3.19. The molecule has 0 unspecified atom stereocenters. The summed E-state index contributed by atoms with van der Waals surface area (Å²) in [5, 5.41) is 0. The van der Waals surface area contributed by atoms with Gasteiger partial charge in [0.05, 0.1) is 11.3 Å². The van der Waals surface area contributed by atoms with Crippen molar-refractivity contribution in [1.29, 1.82) is 0 Å². The molecule has 0 radical (unpaired) electrons. The van der Waals surface area contributed by atoms with Gasteiger partial charge in [0.15, 0.2) is 0 Å². The molecule has 0 aliphatic heterocycles. The van der Waals surface area contributed by atoms with Gasteiger partial charge in [-0.1, -0.05) is 31.2 Å². The van der Waals surface area contributed by atoms with Crippen molar-refractivity contribution in [3.05, 3.63) is 56.8 Å². The van der Waals surface area contributed by atoms with Crippen molar-refractivity contribution >= 4 is 23.2 Å². The molecule has 1 heterocycles. The van der Waals surface area contributed by atoms with E-state index >= 15 is 0 Å². The Bertz CT molecular complexity index is 766. The quantitative estimate of drug-likeness (QED) is 0.842. The van der Waals surface area contributed by atoms with Gasteiger partial charge in [-0.3, -0.25) is 20.4 Å². The van der Waals surface area contributed by atoms with Gasteiger partial charge in [0, 0.05) is 4.88 Å². The third-order valence-corrected chi connectivity index (χ3v) is 5.72. The Morgan fingerprint density at radius 1 is 1.25 bits per heavy atom. The van der Waals surface area contributed by atoms with E-state index in [4.69, 9.17) is 0 Å². The normalized spacial score (nSPS) is 16.3. The molecule has 1 aromatic heterocycles. The Balaban J connectivity index is 1.56. The van der Waals surface area contributed by atoms with Crippen LogP contribution in [0.3, 0.4) is 0 Å². The molecule has 3 rings (SSSR count). The molecule has 4 nitrogen and oxygen atoms in total. The minimum Gasteiger partial charge on any atom is -0.273 e. The third kappa shape index (κ3) is 3.85. The van der Waals surface area contributed by atoms with Crippen LogP contribution in [0.15, 0.2) is 30.3 Å². The lowest BCUT2D eigenvalue weighted by atomic mass is 9.90. The number of carbonyl (C=O) groups excluding carboxylic acids is 2. The zero-order chi connectivity index (χ0) is 17.1. The lowest BCUT2D eigenvalue weighted by Gasteiger charge is -2.16. The Hall–Kier alpha value is -2.14. The lowest BCUT2D eigenvalue weighted by Crippen LogP contribution is -2.42. The molecule has 1 aliphatic rings. The van der Waals surface area contributed by atoms with Crippen LogP contribution in [0.2, 0.25) is 0 Å². The summed E-state index contributed by atoms with van der Waals surface area (Å²) in [7, 11) is 0. The summed E-state index contributed by atoms with van der Waals surface area (Å²) < 4.78 is 0. The number of hydrazine groups is 1. The number of hydrogen-bond donors (Lipinski definition) is 2. The van der Waals surface area contributed by atoms with Crippen molar-refractivity contribution in [2.45, 2.75) is 39.5 Å². The van der Waals surface area contributed by atoms with Crippen LogP contribution in [-0.2, 0) is 24.1 Å². The summed E-state index contributed by atoms with van der Waals surface area (Å²) in [6.07, 6.45) is 3.53. The van der Waals surface area contributed by atoms with E-state index < -0.39 is 0 Å². The highest BCUT2D eigenvalue weighted by molar-refractivity contribution is 7.14. The van der Waals surface area contributed by atoms with E-state index in [9.17, 15) is 9.59 Å². The number of rotatable bonds is 3. The summed E-state index contributed by atoms with van der Waals surface area (Å²) in [6.45, 7) is 4.21. The third-order valence-electron chi connectivity index (χ3n) is 4.48. The predicted molar refractivity (Wildman–Crippen MR) is 96.0 cm³/mol. The minimum absolute atomic E-state index is 0.215. The number of aryl methyl sites for hydroxylation is 2. The molecule has 0 spiro atoms. The maximum atomic E-state index is 12.3. The lowest BCUT2D eigenvalue weighted by molar-refractivity contribution is -0.121. The smallest absolute Gasteiger partial charge is 0.273 e. The van der Waals surface area contributed by atoms with Crippen molar-refractivity contribution in [1.82, 2.24) is 10.9 Å². The van der Waals surface area contributed by atoms with Crippen molar-refractivity contribution in [3.8, 4) is 0 Å². The second-order valence-corrected chi connectivity index (χ2v) is 7.65. The van der Waals surface area contributed by atoms with Gasteiger partial charge in [0.25, 0.3) is 5.91 Å².